The Morgan fingerprint density at radius 3 is 2.47 bits per heavy atom. The standard InChI is InChI=1S/C21H22ClN3O4S/c1-15-2-8-18(9-3-15)30(27,28)25-13-12-23-20(26)10-11-21-24-14-19(29-21)16-4-6-17(22)7-5-16/h2-9,14,25H,10-13H2,1H3,(H,23,26). The van der Waals surface area contributed by atoms with Crippen molar-refractivity contribution in [3.05, 3.63) is 71.2 Å². The van der Waals surface area contributed by atoms with Crippen molar-refractivity contribution in [1.29, 1.82) is 0 Å². The SMILES string of the molecule is Cc1ccc(S(=O)(=O)NCCNC(=O)CCc2ncc(-c3ccc(Cl)cc3)o2)cc1. The molecule has 0 unspecified atom stereocenters. The van der Waals surface area contributed by atoms with E-state index in [0.29, 0.717) is 23.1 Å². The highest BCUT2D eigenvalue weighted by atomic mass is 35.5. The molecule has 9 heteroatoms. The lowest BCUT2D eigenvalue weighted by Gasteiger charge is -2.08. The van der Waals surface area contributed by atoms with Crippen molar-refractivity contribution in [2.45, 2.75) is 24.7 Å². The first-order valence-electron chi connectivity index (χ1n) is 9.37. The fraction of sp³-hybridized carbons (Fsp3) is 0.238. The molecule has 0 aliphatic heterocycles. The molecular weight excluding hydrogens is 426 g/mol. The predicted molar refractivity (Wildman–Crippen MR) is 115 cm³/mol. The van der Waals surface area contributed by atoms with E-state index in [-0.39, 0.29) is 30.3 Å². The number of hydrogen-bond donors (Lipinski definition) is 2. The summed E-state index contributed by atoms with van der Waals surface area (Å²) in [6.45, 7) is 2.17. The highest BCUT2D eigenvalue weighted by Crippen LogP contribution is 2.22. The number of nitrogens with one attached hydrogen (secondary N) is 2. The maximum Gasteiger partial charge on any atom is 0.240 e. The zero-order chi connectivity index (χ0) is 21.6. The molecule has 0 aliphatic rings. The van der Waals surface area contributed by atoms with E-state index < -0.39 is 10.0 Å². The molecule has 0 saturated carbocycles. The quantitative estimate of drug-likeness (QED) is 0.490. The van der Waals surface area contributed by atoms with Gasteiger partial charge in [0.1, 0.15) is 0 Å². The van der Waals surface area contributed by atoms with Crippen LogP contribution >= 0.6 is 11.6 Å². The fourth-order valence-electron chi connectivity index (χ4n) is 2.67. The third kappa shape index (κ3) is 6.16. The first-order chi connectivity index (χ1) is 14.3. The Morgan fingerprint density at radius 2 is 1.77 bits per heavy atom. The number of sulfonamides is 1. The van der Waals surface area contributed by atoms with Crippen LogP contribution in [-0.2, 0) is 21.2 Å². The van der Waals surface area contributed by atoms with E-state index in [1.165, 1.54) is 0 Å². The minimum Gasteiger partial charge on any atom is -0.441 e. The van der Waals surface area contributed by atoms with E-state index in [1.54, 1.807) is 42.6 Å². The summed E-state index contributed by atoms with van der Waals surface area (Å²) >= 11 is 5.87. The van der Waals surface area contributed by atoms with Gasteiger partial charge in [-0.1, -0.05) is 29.3 Å². The van der Waals surface area contributed by atoms with Gasteiger partial charge >= 0.3 is 0 Å². The number of benzene rings is 2. The van der Waals surface area contributed by atoms with Crippen LogP contribution < -0.4 is 10.0 Å². The van der Waals surface area contributed by atoms with Crippen molar-refractivity contribution < 1.29 is 17.6 Å². The van der Waals surface area contributed by atoms with Crippen molar-refractivity contribution in [2.75, 3.05) is 13.1 Å². The Morgan fingerprint density at radius 1 is 1.07 bits per heavy atom. The van der Waals surface area contributed by atoms with Crippen molar-refractivity contribution in [1.82, 2.24) is 15.0 Å². The van der Waals surface area contributed by atoms with Gasteiger partial charge in [-0.05, 0) is 43.3 Å². The summed E-state index contributed by atoms with van der Waals surface area (Å²) in [6.07, 6.45) is 2.14. The minimum atomic E-state index is -3.59. The zero-order valence-corrected chi connectivity index (χ0v) is 18.0. The normalized spacial score (nSPS) is 11.4. The van der Waals surface area contributed by atoms with Crippen LogP contribution in [0.15, 0.2) is 64.0 Å². The average molecular weight is 448 g/mol. The number of halogens is 1. The second-order valence-electron chi connectivity index (χ2n) is 6.69. The van der Waals surface area contributed by atoms with Crippen LogP contribution in [-0.4, -0.2) is 32.4 Å². The number of carbonyl (C=O) groups is 1. The van der Waals surface area contributed by atoms with E-state index in [9.17, 15) is 13.2 Å². The van der Waals surface area contributed by atoms with Crippen LogP contribution in [0.2, 0.25) is 5.02 Å². The van der Waals surface area contributed by atoms with Gasteiger partial charge in [-0.15, -0.1) is 0 Å². The first kappa shape index (κ1) is 22.0. The highest BCUT2D eigenvalue weighted by Gasteiger charge is 2.13. The van der Waals surface area contributed by atoms with E-state index in [2.05, 4.69) is 15.0 Å². The Kier molecular flexibility index (Phi) is 7.25. The molecule has 0 fully saturated rings. The van der Waals surface area contributed by atoms with Crippen LogP contribution in [0.3, 0.4) is 0 Å². The van der Waals surface area contributed by atoms with Crippen molar-refractivity contribution >= 4 is 27.5 Å². The van der Waals surface area contributed by atoms with Gasteiger partial charge in [-0.2, -0.15) is 0 Å². The molecule has 0 spiro atoms. The summed E-state index contributed by atoms with van der Waals surface area (Å²) in [5, 5.41) is 3.32. The van der Waals surface area contributed by atoms with Gasteiger partial charge in [-0.3, -0.25) is 4.79 Å². The molecule has 3 aromatic rings. The second kappa shape index (κ2) is 9.88. The van der Waals surface area contributed by atoms with Gasteiger partial charge < -0.3 is 9.73 Å². The molecule has 1 amide bonds. The molecule has 0 atom stereocenters. The Hall–Kier alpha value is -2.68. The van der Waals surface area contributed by atoms with Gasteiger partial charge in [-0.25, -0.2) is 18.1 Å². The van der Waals surface area contributed by atoms with Gasteiger partial charge in [0.2, 0.25) is 15.9 Å². The number of hydrogen-bond acceptors (Lipinski definition) is 5. The summed E-state index contributed by atoms with van der Waals surface area (Å²) in [6, 6.07) is 13.7. The topological polar surface area (TPSA) is 101 Å². The number of aryl methyl sites for hydroxylation is 2. The maximum absolute atomic E-state index is 12.2. The summed E-state index contributed by atoms with van der Waals surface area (Å²) in [5.41, 5.74) is 1.83. The lowest BCUT2D eigenvalue weighted by atomic mass is 10.2. The molecule has 2 aromatic carbocycles. The number of oxazole rings is 1. The minimum absolute atomic E-state index is 0.0989. The fourth-order valence-corrected chi connectivity index (χ4v) is 3.83. The Balaban J connectivity index is 1.40. The molecule has 0 radical (unpaired) electrons. The monoisotopic (exact) mass is 447 g/mol. The summed E-state index contributed by atoms with van der Waals surface area (Å²) < 4.78 is 32.5. The lowest BCUT2D eigenvalue weighted by molar-refractivity contribution is -0.121. The lowest BCUT2D eigenvalue weighted by Crippen LogP contribution is -2.34. The van der Waals surface area contributed by atoms with Gasteiger partial charge in [0.25, 0.3) is 0 Å². The number of carbonyl (C=O) groups excluding carboxylic acids is 1. The van der Waals surface area contributed by atoms with Gasteiger partial charge in [0, 0.05) is 36.5 Å². The molecule has 1 aromatic heterocycles. The van der Waals surface area contributed by atoms with E-state index in [1.807, 2.05) is 19.1 Å². The summed E-state index contributed by atoms with van der Waals surface area (Å²) in [5.74, 6) is 0.846. The number of aromatic nitrogens is 1. The van der Waals surface area contributed by atoms with Crippen LogP contribution in [0.4, 0.5) is 0 Å². The summed E-state index contributed by atoms with van der Waals surface area (Å²) in [7, 11) is -3.59. The molecule has 7 nitrogen and oxygen atoms in total. The van der Waals surface area contributed by atoms with E-state index >= 15 is 0 Å². The molecule has 1 heterocycles. The molecular formula is C21H22ClN3O4S. The molecule has 0 bridgehead atoms. The van der Waals surface area contributed by atoms with Gasteiger partial charge in [0.05, 0.1) is 11.1 Å². The van der Waals surface area contributed by atoms with Crippen molar-refractivity contribution in [2.24, 2.45) is 0 Å². The maximum atomic E-state index is 12.2. The third-order valence-corrected chi connectivity index (χ3v) is 6.05. The smallest absolute Gasteiger partial charge is 0.240 e. The average Bonchev–Trinajstić information content (AvgIpc) is 3.20. The van der Waals surface area contributed by atoms with E-state index in [4.69, 9.17) is 16.0 Å². The molecule has 30 heavy (non-hydrogen) atoms. The Labute approximate surface area is 180 Å². The number of rotatable bonds is 9. The van der Waals surface area contributed by atoms with Crippen LogP contribution in [0, 0.1) is 6.92 Å². The van der Waals surface area contributed by atoms with Gasteiger partial charge in [0.15, 0.2) is 11.7 Å². The molecule has 2 N–H and O–H groups in total. The predicted octanol–water partition coefficient (Wildman–Crippen LogP) is 3.33. The molecule has 0 saturated heterocycles. The first-order valence-corrected chi connectivity index (χ1v) is 11.2. The molecule has 0 aliphatic carbocycles. The largest absolute Gasteiger partial charge is 0.441 e. The molecule has 3 rings (SSSR count). The van der Waals surface area contributed by atoms with Crippen molar-refractivity contribution in [3.8, 4) is 11.3 Å². The zero-order valence-electron chi connectivity index (χ0n) is 16.4. The summed E-state index contributed by atoms with van der Waals surface area (Å²) in [4.78, 5) is 16.4. The second-order valence-corrected chi connectivity index (χ2v) is 8.89. The highest BCUT2D eigenvalue weighted by molar-refractivity contribution is 7.89. The Bertz CT molecular complexity index is 1090. The third-order valence-electron chi connectivity index (χ3n) is 4.32. The molecule has 158 valence electrons. The van der Waals surface area contributed by atoms with Crippen molar-refractivity contribution in [3.63, 3.8) is 0 Å². The van der Waals surface area contributed by atoms with E-state index in [0.717, 1.165) is 11.1 Å². The van der Waals surface area contributed by atoms with Crippen LogP contribution in [0.1, 0.15) is 17.9 Å². The van der Waals surface area contributed by atoms with Crippen LogP contribution in [0.5, 0.6) is 0 Å². The number of nitrogens with zero attached hydrogens (tertiary/aromatic N) is 1. The van der Waals surface area contributed by atoms with Crippen LogP contribution in [0.25, 0.3) is 11.3 Å². The number of amides is 1.